The van der Waals surface area contributed by atoms with Gasteiger partial charge in [0.05, 0.1) is 5.69 Å². The molecule has 0 spiro atoms. The molecule has 0 aromatic heterocycles. The number of carbonyl (C=O) groups is 2. The van der Waals surface area contributed by atoms with Crippen LogP contribution in [0.25, 0.3) is 0 Å². The molecule has 2 amide bonds. The van der Waals surface area contributed by atoms with Gasteiger partial charge in [-0.15, -0.1) is 16.7 Å². The monoisotopic (exact) mass is 486 g/mol. The molecule has 0 atom stereocenters. The molecule has 0 saturated heterocycles. The SMILES string of the molecule is CCCC(=O)N(Oc1ccc(C(C)(C)CC)cc1C(C)(C)CC)c1cccc(NC(=O)CCl)c1. The molecule has 0 aliphatic heterocycles. The molecule has 0 aliphatic rings. The Morgan fingerprint density at radius 1 is 0.971 bits per heavy atom. The smallest absolute Gasteiger partial charge is 0.259 e. The number of carbonyl (C=O) groups excluding carboxylic acids is 2. The van der Waals surface area contributed by atoms with E-state index in [1.807, 2.05) is 13.0 Å². The van der Waals surface area contributed by atoms with Gasteiger partial charge in [0.2, 0.25) is 5.91 Å². The molecule has 5 nitrogen and oxygen atoms in total. The van der Waals surface area contributed by atoms with Crippen LogP contribution in [-0.2, 0) is 20.4 Å². The van der Waals surface area contributed by atoms with Gasteiger partial charge in [0.15, 0.2) is 5.75 Å². The van der Waals surface area contributed by atoms with Crippen molar-refractivity contribution in [3.63, 3.8) is 0 Å². The van der Waals surface area contributed by atoms with E-state index in [4.69, 9.17) is 16.4 Å². The number of nitrogens with zero attached hydrogens (tertiary/aromatic N) is 1. The number of alkyl halides is 1. The number of anilines is 2. The van der Waals surface area contributed by atoms with Crippen LogP contribution < -0.4 is 15.2 Å². The fraction of sp³-hybridized carbons (Fsp3) is 0.500. The lowest BCUT2D eigenvalue weighted by atomic mass is 9.76. The van der Waals surface area contributed by atoms with Crippen LogP contribution in [0.2, 0.25) is 0 Å². The lowest BCUT2D eigenvalue weighted by Gasteiger charge is -2.32. The molecule has 2 aromatic rings. The van der Waals surface area contributed by atoms with Crippen LogP contribution in [-0.4, -0.2) is 17.7 Å². The van der Waals surface area contributed by atoms with Gasteiger partial charge >= 0.3 is 0 Å². The summed E-state index contributed by atoms with van der Waals surface area (Å²) in [5.41, 5.74) is 3.29. The second-order valence-electron chi connectivity index (χ2n) is 9.95. The second kappa shape index (κ2) is 11.7. The molecule has 0 heterocycles. The molecule has 0 fully saturated rings. The van der Waals surface area contributed by atoms with E-state index < -0.39 is 0 Å². The first-order valence-electron chi connectivity index (χ1n) is 12.1. The summed E-state index contributed by atoms with van der Waals surface area (Å²) in [6.07, 6.45) is 2.97. The van der Waals surface area contributed by atoms with Gasteiger partial charge in [0.25, 0.3) is 5.91 Å². The van der Waals surface area contributed by atoms with Crippen LogP contribution in [0.4, 0.5) is 11.4 Å². The maximum absolute atomic E-state index is 13.1. The highest BCUT2D eigenvalue weighted by Crippen LogP contribution is 2.39. The molecular formula is C28H39ClN2O3. The van der Waals surface area contributed by atoms with Crippen molar-refractivity contribution in [1.29, 1.82) is 0 Å². The summed E-state index contributed by atoms with van der Waals surface area (Å²) in [6, 6.07) is 13.3. The number of rotatable bonds is 11. The highest BCUT2D eigenvalue weighted by molar-refractivity contribution is 6.29. The number of nitrogens with one attached hydrogen (secondary N) is 1. The van der Waals surface area contributed by atoms with Gasteiger partial charge in [-0.2, -0.15) is 0 Å². The quantitative estimate of drug-likeness (QED) is 0.266. The lowest BCUT2D eigenvalue weighted by molar-refractivity contribution is -0.122. The van der Waals surface area contributed by atoms with Gasteiger partial charge < -0.3 is 10.2 Å². The maximum atomic E-state index is 13.1. The number of hydrogen-bond acceptors (Lipinski definition) is 3. The third kappa shape index (κ3) is 6.75. The highest BCUT2D eigenvalue weighted by atomic mass is 35.5. The molecule has 34 heavy (non-hydrogen) atoms. The third-order valence-corrected chi connectivity index (χ3v) is 6.87. The van der Waals surface area contributed by atoms with Crippen molar-refractivity contribution in [3.8, 4) is 5.75 Å². The van der Waals surface area contributed by atoms with E-state index in [1.165, 1.54) is 10.6 Å². The van der Waals surface area contributed by atoms with Gasteiger partial charge in [-0.1, -0.05) is 66.7 Å². The average Bonchev–Trinajstić information content (AvgIpc) is 2.82. The van der Waals surface area contributed by atoms with E-state index in [2.05, 4.69) is 59.0 Å². The number of benzene rings is 2. The Balaban J connectivity index is 2.56. The normalized spacial score (nSPS) is 11.8. The van der Waals surface area contributed by atoms with Crippen molar-refractivity contribution in [2.24, 2.45) is 0 Å². The van der Waals surface area contributed by atoms with E-state index >= 15 is 0 Å². The first-order chi connectivity index (χ1) is 16.0. The van der Waals surface area contributed by atoms with Crippen LogP contribution in [0.15, 0.2) is 42.5 Å². The zero-order valence-corrected chi connectivity index (χ0v) is 22.4. The summed E-state index contributed by atoms with van der Waals surface area (Å²) < 4.78 is 0. The number of hydrogen-bond donors (Lipinski definition) is 1. The first kappa shape index (κ1) is 27.7. The number of amides is 2. The molecule has 6 heteroatoms. The van der Waals surface area contributed by atoms with Crippen molar-refractivity contribution >= 4 is 34.8 Å². The molecule has 2 aromatic carbocycles. The summed E-state index contributed by atoms with van der Waals surface area (Å²) in [6.45, 7) is 15.2. The van der Waals surface area contributed by atoms with Crippen LogP contribution in [0.1, 0.15) is 85.3 Å². The van der Waals surface area contributed by atoms with E-state index in [-0.39, 0.29) is 28.5 Å². The minimum absolute atomic E-state index is 0.0315. The van der Waals surface area contributed by atoms with Gasteiger partial charge in [-0.25, -0.2) is 0 Å². The topological polar surface area (TPSA) is 58.6 Å². The van der Waals surface area contributed by atoms with E-state index in [0.717, 1.165) is 18.4 Å². The van der Waals surface area contributed by atoms with Crippen LogP contribution >= 0.6 is 11.6 Å². The molecule has 0 saturated carbocycles. The fourth-order valence-corrected chi connectivity index (χ4v) is 3.59. The molecule has 0 aliphatic carbocycles. The zero-order chi connectivity index (χ0) is 25.5. The maximum Gasteiger partial charge on any atom is 0.259 e. The summed E-state index contributed by atoms with van der Waals surface area (Å²) in [5, 5.41) is 4.07. The predicted octanol–water partition coefficient (Wildman–Crippen LogP) is 7.37. The Bertz CT molecular complexity index is 1000. The summed E-state index contributed by atoms with van der Waals surface area (Å²) >= 11 is 5.63. The van der Waals surface area contributed by atoms with Crippen molar-refractivity contribution in [2.45, 2.75) is 85.0 Å². The van der Waals surface area contributed by atoms with Gasteiger partial charge in [-0.3, -0.25) is 9.59 Å². The first-order valence-corrected chi connectivity index (χ1v) is 12.6. The Kier molecular flexibility index (Phi) is 9.57. The number of halogens is 1. The van der Waals surface area contributed by atoms with Crippen molar-refractivity contribution in [2.75, 3.05) is 16.3 Å². The van der Waals surface area contributed by atoms with Crippen molar-refractivity contribution in [1.82, 2.24) is 0 Å². The fourth-order valence-electron chi connectivity index (χ4n) is 3.52. The second-order valence-corrected chi connectivity index (χ2v) is 10.2. The highest BCUT2D eigenvalue weighted by Gasteiger charge is 2.29. The molecule has 186 valence electrons. The Morgan fingerprint density at radius 2 is 1.65 bits per heavy atom. The average molecular weight is 487 g/mol. The molecule has 0 bridgehead atoms. The summed E-state index contributed by atoms with van der Waals surface area (Å²) in [5.74, 6) is 0.0470. The van der Waals surface area contributed by atoms with Crippen LogP contribution in [0.5, 0.6) is 5.75 Å². The zero-order valence-electron chi connectivity index (χ0n) is 21.6. The van der Waals surface area contributed by atoms with Gasteiger partial charge in [-0.05, 0) is 59.9 Å². The Labute approximate surface area is 209 Å². The van der Waals surface area contributed by atoms with E-state index in [0.29, 0.717) is 30.0 Å². The van der Waals surface area contributed by atoms with Gasteiger partial charge in [0.1, 0.15) is 5.88 Å². The van der Waals surface area contributed by atoms with Crippen molar-refractivity contribution in [3.05, 3.63) is 53.6 Å². The summed E-state index contributed by atoms with van der Waals surface area (Å²) in [7, 11) is 0. The third-order valence-electron chi connectivity index (χ3n) is 6.62. The van der Waals surface area contributed by atoms with Crippen LogP contribution in [0.3, 0.4) is 0 Å². The largest absolute Gasteiger partial charge is 0.372 e. The van der Waals surface area contributed by atoms with Gasteiger partial charge in [0, 0.05) is 17.7 Å². The van der Waals surface area contributed by atoms with E-state index in [9.17, 15) is 9.59 Å². The molecular weight excluding hydrogens is 448 g/mol. The summed E-state index contributed by atoms with van der Waals surface area (Å²) in [4.78, 5) is 31.3. The molecule has 2 rings (SSSR count). The van der Waals surface area contributed by atoms with Crippen molar-refractivity contribution < 1.29 is 14.4 Å². The van der Waals surface area contributed by atoms with Crippen LogP contribution in [0, 0.1) is 0 Å². The Hall–Kier alpha value is -2.53. The lowest BCUT2D eigenvalue weighted by Crippen LogP contribution is -2.35. The number of hydroxylamine groups is 1. The molecule has 0 radical (unpaired) electrons. The predicted molar refractivity (Wildman–Crippen MR) is 142 cm³/mol. The minimum atomic E-state index is -0.313. The Morgan fingerprint density at radius 3 is 2.24 bits per heavy atom. The molecule has 0 unspecified atom stereocenters. The van der Waals surface area contributed by atoms with E-state index in [1.54, 1.807) is 24.3 Å². The molecule has 1 N–H and O–H groups in total. The standard InChI is InChI=1S/C28H39ClN2O3/c1-8-12-26(33)31(22-14-11-13-21(18-22)30-25(32)19-29)34-24-16-15-20(27(4,5)9-2)17-23(24)28(6,7)10-3/h11,13-18H,8-10,12,19H2,1-7H3,(H,30,32). The minimum Gasteiger partial charge on any atom is -0.372 e.